The Morgan fingerprint density at radius 1 is 1.04 bits per heavy atom. The number of hydrogen-bond acceptors (Lipinski definition) is 3. The summed E-state index contributed by atoms with van der Waals surface area (Å²) in [5.74, 6) is 0.0234. The van der Waals surface area contributed by atoms with Crippen LogP contribution >= 0.6 is 0 Å². The number of amides is 2. The predicted molar refractivity (Wildman–Crippen MR) is 108 cm³/mol. The van der Waals surface area contributed by atoms with E-state index < -0.39 is 0 Å². The first kappa shape index (κ1) is 19.0. The maximum atomic E-state index is 12.6. The third-order valence-corrected chi connectivity index (χ3v) is 4.94. The Labute approximate surface area is 161 Å². The van der Waals surface area contributed by atoms with Crippen LogP contribution in [0.1, 0.15) is 16.7 Å². The molecular weight excluding hydrogens is 338 g/mol. The molecule has 0 radical (unpaired) electrons. The Bertz CT molecular complexity index is 815. The van der Waals surface area contributed by atoms with Gasteiger partial charge >= 0.3 is 0 Å². The highest BCUT2D eigenvalue weighted by Crippen LogP contribution is 2.15. The monoisotopic (exact) mass is 365 g/mol. The molecule has 1 fully saturated rings. The first-order valence-corrected chi connectivity index (χ1v) is 9.30. The Kier molecular flexibility index (Phi) is 5.79. The topological polar surface area (TPSA) is 43.9 Å². The van der Waals surface area contributed by atoms with Crippen molar-refractivity contribution in [1.29, 1.82) is 0 Å². The van der Waals surface area contributed by atoms with E-state index in [9.17, 15) is 9.59 Å². The lowest BCUT2D eigenvalue weighted by Gasteiger charge is -2.34. The summed E-state index contributed by atoms with van der Waals surface area (Å²) >= 11 is 0. The molecule has 2 amide bonds. The molecule has 1 aliphatic heterocycles. The van der Waals surface area contributed by atoms with E-state index in [1.165, 1.54) is 5.56 Å². The van der Waals surface area contributed by atoms with Gasteiger partial charge in [-0.3, -0.25) is 9.59 Å². The quantitative estimate of drug-likeness (QED) is 0.818. The predicted octanol–water partition coefficient (Wildman–Crippen LogP) is 2.47. The maximum absolute atomic E-state index is 12.6. The van der Waals surface area contributed by atoms with Crippen LogP contribution < -0.4 is 4.90 Å². The fraction of sp³-hybridized carbons (Fsp3) is 0.364. The normalized spacial score (nSPS) is 14.4. The van der Waals surface area contributed by atoms with Crippen molar-refractivity contribution >= 4 is 17.5 Å². The minimum absolute atomic E-state index is 0.0103. The van der Waals surface area contributed by atoms with Crippen molar-refractivity contribution in [2.24, 2.45) is 0 Å². The molecule has 0 unspecified atom stereocenters. The molecule has 1 heterocycles. The molecule has 0 N–H and O–H groups in total. The number of piperazine rings is 1. The van der Waals surface area contributed by atoms with E-state index in [1.807, 2.05) is 73.3 Å². The molecule has 3 rings (SSSR count). The van der Waals surface area contributed by atoms with Crippen molar-refractivity contribution in [3.8, 4) is 0 Å². The fourth-order valence-electron chi connectivity index (χ4n) is 3.32. The van der Waals surface area contributed by atoms with Gasteiger partial charge in [-0.2, -0.15) is 0 Å². The SMILES string of the molecule is Cc1cccc(CN2CCN(C(=O)Cc3ccc(N(C)C)cc3)CC2=O)c1. The van der Waals surface area contributed by atoms with Gasteiger partial charge in [0.05, 0.1) is 13.0 Å². The van der Waals surface area contributed by atoms with Gasteiger partial charge in [-0.1, -0.05) is 42.0 Å². The molecule has 0 saturated carbocycles. The molecule has 142 valence electrons. The Morgan fingerprint density at radius 2 is 1.78 bits per heavy atom. The number of nitrogens with zero attached hydrogens (tertiary/aromatic N) is 3. The van der Waals surface area contributed by atoms with Crippen LogP contribution in [0.15, 0.2) is 48.5 Å². The van der Waals surface area contributed by atoms with Crippen LogP contribution in [0, 0.1) is 6.92 Å². The van der Waals surface area contributed by atoms with Crippen LogP contribution in [-0.2, 0) is 22.6 Å². The molecule has 2 aromatic carbocycles. The summed E-state index contributed by atoms with van der Waals surface area (Å²) in [6.07, 6.45) is 0.332. The van der Waals surface area contributed by atoms with Crippen molar-refractivity contribution in [1.82, 2.24) is 9.80 Å². The Morgan fingerprint density at radius 3 is 2.41 bits per heavy atom. The average molecular weight is 365 g/mol. The number of hydrogen-bond donors (Lipinski definition) is 0. The van der Waals surface area contributed by atoms with Gasteiger partial charge in [0.15, 0.2) is 0 Å². The number of carbonyl (C=O) groups excluding carboxylic acids is 2. The average Bonchev–Trinajstić information content (AvgIpc) is 2.64. The van der Waals surface area contributed by atoms with Crippen LogP contribution in [0.25, 0.3) is 0 Å². The zero-order valence-corrected chi connectivity index (χ0v) is 16.3. The van der Waals surface area contributed by atoms with Crippen molar-refractivity contribution < 1.29 is 9.59 Å². The largest absolute Gasteiger partial charge is 0.378 e. The van der Waals surface area contributed by atoms with Crippen LogP contribution in [0.2, 0.25) is 0 Å². The molecule has 2 aromatic rings. The van der Waals surface area contributed by atoms with Gasteiger partial charge in [-0.25, -0.2) is 0 Å². The number of rotatable bonds is 5. The van der Waals surface area contributed by atoms with E-state index in [4.69, 9.17) is 0 Å². The highest BCUT2D eigenvalue weighted by atomic mass is 16.2. The fourth-order valence-corrected chi connectivity index (χ4v) is 3.32. The second kappa shape index (κ2) is 8.25. The van der Waals surface area contributed by atoms with Crippen molar-refractivity contribution in [2.75, 3.05) is 38.6 Å². The second-order valence-electron chi connectivity index (χ2n) is 7.36. The third kappa shape index (κ3) is 4.88. The van der Waals surface area contributed by atoms with Crippen molar-refractivity contribution in [2.45, 2.75) is 19.9 Å². The zero-order chi connectivity index (χ0) is 19.4. The van der Waals surface area contributed by atoms with Gasteiger partial charge in [-0.05, 0) is 30.2 Å². The summed E-state index contributed by atoms with van der Waals surface area (Å²) in [6.45, 7) is 3.99. The molecule has 1 saturated heterocycles. The minimum atomic E-state index is 0.0103. The first-order valence-electron chi connectivity index (χ1n) is 9.30. The van der Waals surface area contributed by atoms with Gasteiger partial charge < -0.3 is 14.7 Å². The van der Waals surface area contributed by atoms with E-state index in [1.54, 1.807) is 4.90 Å². The lowest BCUT2D eigenvalue weighted by Crippen LogP contribution is -2.52. The van der Waals surface area contributed by atoms with Gasteiger partial charge in [0.1, 0.15) is 0 Å². The summed E-state index contributed by atoms with van der Waals surface area (Å²) in [5.41, 5.74) is 4.39. The van der Waals surface area contributed by atoms with E-state index in [2.05, 4.69) is 6.07 Å². The maximum Gasteiger partial charge on any atom is 0.242 e. The lowest BCUT2D eigenvalue weighted by molar-refractivity contribution is -0.145. The highest BCUT2D eigenvalue weighted by Gasteiger charge is 2.27. The summed E-state index contributed by atoms with van der Waals surface area (Å²) in [7, 11) is 3.98. The van der Waals surface area contributed by atoms with E-state index in [-0.39, 0.29) is 18.4 Å². The van der Waals surface area contributed by atoms with Crippen LogP contribution in [-0.4, -0.2) is 55.3 Å². The van der Waals surface area contributed by atoms with Crippen molar-refractivity contribution in [3.05, 3.63) is 65.2 Å². The number of aryl methyl sites for hydroxylation is 1. The molecule has 5 nitrogen and oxygen atoms in total. The van der Waals surface area contributed by atoms with Gasteiger partial charge in [0.25, 0.3) is 0 Å². The van der Waals surface area contributed by atoms with Gasteiger partial charge in [-0.15, -0.1) is 0 Å². The summed E-state index contributed by atoms with van der Waals surface area (Å²) < 4.78 is 0. The molecule has 0 aromatic heterocycles. The minimum Gasteiger partial charge on any atom is -0.378 e. The molecule has 5 heteroatoms. The van der Waals surface area contributed by atoms with E-state index >= 15 is 0 Å². The lowest BCUT2D eigenvalue weighted by atomic mass is 10.1. The van der Waals surface area contributed by atoms with Gasteiger partial charge in [0.2, 0.25) is 11.8 Å². The van der Waals surface area contributed by atoms with Gasteiger partial charge in [0, 0.05) is 39.4 Å². The smallest absolute Gasteiger partial charge is 0.242 e. The standard InChI is InChI=1S/C22H27N3O2/c1-17-5-4-6-19(13-17)15-24-11-12-25(16-22(24)27)21(26)14-18-7-9-20(10-8-18)23(2)3/h4-10,13H,11-12,14-16H2,1-3H3. The van der Waals surface area contributed by atoms with E-state index in [0.29, 0.717) is 26.1 Å². The Balaban J connectivity index is 1.55. The molecular formula is C22H27N3O2. The van der Waals surface area contributed by atoms with E-state index in [0.717, 1.165) is 16.8 Å². The molecule has 1 aliphatic rings. The van der Waals surface area contributed by atoms with Crippen LogP contribution in [0.3, 0.4) is 0 Å². The Hall–Kier alpha value is -2.82. The zero-order valence-electron chi connectivity index (χ0n) is 16.3. The molecule has 0 aliphatic carbocycles. The number of benzene rings is 2. The number of anilines is 1. The summed E-state index contributed by atoms with van der Waals surface area (Å²) in [6, 6.07) is 16.2. The summed E-state index contributed by atoms with van der Waals surface area (Å²) in [5, 5.41) is 0. The highest BCUT2D eigenvalue weighted by molar-refractivity contribution is 5.87. The van der Waals surface area contributed by atoms with Crippen molar-refractivity contribution in [3.63, 3.8) is 0 Å². The first-order chi connectivity index (χ1) is 12.9. The van der Waals surface area contributed by atoms with Crippen LogP contribution in [0.5, 0.6) is 0 Å². The summed E-state index contributed by atoms with van der Waals surface area (Å²) in [4.78, 5) is 30.6. The molecule has 0 spiro atoms. The molecule has 0 atom stereocenters. The second-order valence-corrected chi connectivity index (χ2v) is 7.36. The molecule has 27 heavy (non-hydrogen) atoms. The number of carbonyl (C=O) groups is 2. The third-order valence-electron chi connectivity index (χ3n) is 4.94. The van der Waals surface area contributed by atoms with Crippen LogP contribution in [0.4, 0.5) is 5.69 Å². The molecule has 0 bridgehead atoms.